The maximum Gasteiger partial charge on any atom is 0.279 e. The monoisotopic (exact) mass is 301 g/mol. The van der Waals surface area contributed by atoms with E-state index in [9.17, 15) is 9.59 Å². The molecule has 0 saturated carbocycles. The number of piperidine rings is 1. The van der Waals surface area contributed by atoms with E-state index in [0.717, 1.165) is 18.5 Å². The van der Waals surface area contributed by atoms with Crippen molar-refractivity contribution in [1.29, 1.82) is 0 Å². The summed E-state index contributed by atoms with van der Waals surface area (Å²) in [5.74, 6) is -0.0223. The Morgan fingerprint density at radius 1 is 1.18 bits per heavy atom. The summed E-state index contributed by atoms with van der Waals surface area (Å²) in [6.07, 6.45) is 3.61. The van der Waals surface area contributed by atoms with Crippen LogP contribution in [0.4, 0.5) is 5.69 Å². The predicted molar refractivity (Wildman–Crippen MR) is 84.3 cm³/mol. The molecule has 0 spiro atoms. The van der Waals surface area contributed by atoms with Gasteiger partial charge >= 0.3 is 0 Å². The Morgan fingerprint density at radius 3 is 2.64 bits per heavy atom. The highest BCUT2D eigenvalue weighted by atomic mass is 16.3. The number of fused-ring (bicyclic) bond motifs is 1. The van der Waals surface area contributed by atoms with Gasteiger partial charge in [-0.2, -0.15) is 0 Å². The minimum Gasteiger partial charge on any atom is -0.451 e. The molecule has 2 heterocycles. The first-order valence-electron chi connectivity index (χ1n) is 7.81. The molecule has 3 rings (SSSR count). The number of Topliss-reactive ketones (excluding diaryl/α,β-unsaturated/α-hetero) is 1. The highest BCUT2D eigenvalue weighted by Gasteiger charge is 2.22. The lowest BCUT2D eigenvalue weighted by Crippen LogP contribution is -3.13. The summed E-state index contributed by atoms with van der Waals surface area (Å²) in [7, 11) is 0. The van der Waals surface area contributed by atoms with Crippen LogP contribution < -0.4 is 10.2 Å². The van der Waals surface area contributed by atoms with Gasteiger partial charge in [0.1, 0.15) is 5.58 Å². The number of rotatable bonds is 4. The van der Waals surface area contributed by atoms with Crippen molar-refractivity contribution in [3.05, 3.63) is 30.0 Å². The van der Waals surface area contributed by atoms with E-state index in [0.29, 0.717) is 17.8 Å². The zero-order valence-electron chi connectivity index (χ0n) is 12.8. The van der Waals surface area contributed by atoms with Crippen molar-refractivity contribution in [3.63, 3.8) is 0 Å². The molecule has 2 aromatic rings. The second-order valence-electron chi connectivity index (χ2n) is 5.89. The zero-order chi connectivity index (χ0) is 15.5. The summed E-state index contributed by atoms with van der Waals surface area (Å²) >= 11 is 0. The topological polar surface area (TPSA) is 63.8 Å². The van der Waals surface area contributed by atoms with E-state index in [1.807, 2.05) is 18.2 Å². The number of ketones is 1. The molecule has 0 radical (unpaired) electrons. The van der Waals surface area contributed by atoms with Crippen LogP contribution in [0, 0.1) is 0 Å². The van der Waals surface area contributed by atoms with Gasteiger partial charge in [0.2, 0.25) is 0 Å². The van der Waals surface area contributed by atoms with Crippen LogP contribution in [0.2, 0.25) is 0 Å². The number of nitrogens with one attached hydrogen (secondary N) is 2. The molecule has 1 aliphatic rings. The van der Waals surface area contributed by atoms with Crippen molar-refractivity contribution >= 4 is 28.3 Å². The van der Waals surface area contributed by atoms with Crippen molar-refractivity contribution in [2.45, 2.75) is 26.2 Å². The first kappa shape index (κ1) is 14.8. The van der Waals surface area contributed by atoms with Crippen molar-refractivity contribution < 1.29 is 18.9 Å². The average Bonchev–Trinajstić information content (AvgIpc) is 2.87. The van der Waals surface area contributed by atoms with Gasteiger partial charge in [-0.3, -0.25) is 9.59 Å². The first-order chi connectivity index (χ1) is 10.6. The Labute approximate surface area is 129 Å². The van der Waals surface area contributed by atoms with Crippen LogP contribution in [0.1, 0.15) is 36.7 Å². The quantitative estimate of drug-likeness (QED) is 0.844. The van der Waals surface area contributed by atoms with Gasteiger partial charge < -0.3 is 14.6 Å². The lowest BCUT2D eigenvalue weighted by atomic mass is 10.1. The molecule has 116 valence electrons. The van der Waals surface area contributed by atoms with Crippen molar-refractivity contribution in [3.8, 4) is 0 Å². The van der Waals surface area contributed by atoms with E-state index in [-0.39, 0.29) is 17.5 Å². The normalized spacial score (nSPS) is 15.9. The molecule has 22 heavy (non-hydrogen) atoms. The number of anilines is 1. The lowest BCUT2D eigenvalue weighted by molar-refractivity contribution is -0.896. The minimum atomic E-state index is -0.184. The summed E-state index contributed by atoms with van der Waals surface area (Å²) < 4.78 is 5.58. The number of furan rings is 1. The van der Waals surface area contributed by atoms with Crippen molar-refractivity contribution in [1.82, 2.24) is 0 Å². The Balaban J connectivity index is 1.81. The van der Waals surface area contributed by atoms with E-state index in [2.05, 4.69) is 5.32 Å². The highest BCUT2D eigenvalue weighted by molar-refractivity contribution is 6.10. The molecule has 0 bridgehead atoms. The minimum absolute atomic E-state index is 0.0639. The molecule has 1 aliphatic heterocycles. The van der Waals surface area contributed by atoms with E-state index in [4.69, 9.17) is 4.42 Å². The number of hydrogen-bond acceptors (Lipinski definition) is 3. The van der Waals surface area contributed by atoms with Gasteiger partial charge in [0.15, 0.2) is 18.1 Å². The largest absolute Gasteiger partial charge is 0.451 e. The molecule has 1 amide bonds. The van der Waals surface area contributed by atoms with Crippen LogP contribution in [0.5, 0.6) is 0 Å². The average molecular weight is 301 g/mol. The van der Waals surface area contributed by atoms with E-state index < -0.39 is 0 Å². The SMILES string of the molecule is CC(=O)c1oc2ccccc2c1NC(=O)C[NH+]1CCCCC1. The lowest BCUT2D eigenvalue weighted by Gasteiger charge is -2.22. The molecule has 0 atom stereocenters. The number of benzene rings is 1. The van der Waals surface area contributed by atoms with Crippen molar-refractivity contribution in [2.75, 3.05) is 25.0 Å². The smallest absolute Gasteiger partial charge is 0.279 e. The predicted octanol–water partition coefficient (Wildman–Crippen LogP) is 1.64. The van der Waals surface area contributed by atoms with Gasteiger partial charge in [-0.05, 0) is 31.4 Å². The fraction of sp³-hybridized carbons (Fsp3) is 0.412. The third-order valence-electron chi connectivity index (χ3n) is 4.15. The second-order valence-corrected chi connectivity index (χ2v) is 5.89. The molecular weight excluding hydrogens is 280 g/mol. The molecular formula is C17H21N2O3+. The molecule has 5 nitrogen and oxygen atoms in total. The molecule has 0 aliphatic carbocycles. The standard InChI is InChI=1S/C17H20N2O3/c1-12(20)17-16(13-7-3-4-8-14(13)22-17)18-15(21)11-19-9-5-2-6-10-19/h3-4,7-8H,2,5-6,9-11H2,1H3,(H,18,21)/p+1. The van der Waals surface area contributed by atoms with Crippen LogP contribution in [0.25, 0.3) is 11.0 Å². The van der Waals surface area contributed by atoms with Gasteiger partial charge in [-0.25, -0.2) is 0 Å². The Bertz CT molecular complexity index is 699. The maximum atomic E-state index is 12.3. The summed E-state index contributed by atoms with van der Waals surface area (Å²) in [5.41, 5.74) is 1.12. The number of amides is 1. The summed E-state index contributed by atoms with van der Waals surface area (Å²) in [6, 6.07) is 7.37. The van der Waals surface area contributed by atoms with Gasteiger partial charge in [-0.1, -0.05) is 12.1 Å². The first-order valence-corrected chi connectivity index (χ1v) is 7.81. The Morgan fingerprint density at radius 2 is 1.91 bits per heavy atom. The highest BCUT2D eigenvalue weighted by Crippen LogP contribution is 2.30. The van der Waals surface area contributed by atoms with Gasteiger partial charge in [-0.15, -0.1) is 0 Å². The Hall–Kier alpha value is -2.14. The van der Waals surface area contributed by atoms with E-state index >= 15 is 0 Å². The molecule has 1 saturated heterocycles. The number of likely N-dealkylation sites (tertiary alicyclic amines) is 1. The summed E-state index contributed by atoms with van der Waals surface area (Å²) in [5, 5.41) is 3.66. The van der Waals surface area contributed by atoms with E-state index in [1.54, 1.807) is 6.07 Å². The molecule has 0 unspecified atom stereocenters. The van der Waals surface area contributed by atoms with Crippen LogP contribution >= 0.6 is 0 Å². The fourth-order valence-corrected chi connectivity index (χ4v) is 3.06. The third kappa shape index (κ3) is 3.04. The number of para-hydroxylation sites is 1. The molecule has 2 N–H and O–H groups in total. The fourth-order valence-electron chi connectivity index (χ4n) is 3.06. The number of carbonyl (C=O) groups excluding carboxylic acids is 2. The molecule has 1 fully saturated rings. The number of hydrogen-bond donors (Lipinski definition) is 2. The van der Waals surface area contributed by atoms with Gasteiger partial charge in [0, 0.05) is 12.3 Å². The van der Waals surface area contributed by atoms with Crippen molar-refractivity contribution in [2.24, 2.45) is 0 Å². The van der Waals surface area contributed by atoms with Crippen LogP contribution in [0.15, 0.2) is 28.7 Å². The van der Waals surface area contributed by atoms with Gasteiger partial charge in [0.05, 0.1) is 18.8 Å². The maximum absolute atomic E-state index is 12.3. The third-order valence-corrected chi connectivity index (χ3v) is 4.15. The molecule has 5 heteroatoms. The molecule has 1 aromatic heterocycles. The van der Waals surface area contributed by atoms with Crippen LogP contribution in [0.3, 0.4) is 0 Å². The second kappa shape index (κ2) is 6.32. The molecule has 1 aromatic carbocycles. The Kier molecular flexibility index (Phi) is 4.24. The van der Waals surface area contributed by atoms with Crippen LogP contribution in [-0.4, -0.2) is 31.3 Å². The summed E-state index contributed by atoms with van der Waals surface area (Å²) in [4.78, 5) is 25.4. The number of quaternary nitrogens is 1. The summed E-state index contributed by atoms with van der Waals surface area (Å²) in [6.45, 7) is 3.97. The zero-order valence-corrected chi connectivity index (χ0v) is 12.8. The van der Waals surface area contributed by atoms with E-state index in [1.165, 1.54) is 31.1 Å². The van der Waals surface area contributed by atoms with Crippen LogP contribution in [-0.2, 0) is 4.79 Å². The number of carbonyl (C=O) groups is 2. The van der Waals surface area contributed by atoms with Gasteiger partial charge in [0.25, 0.3) is 5.91 Å².